The number of piperidine rings is 1. The molecule has 0 spiro atoms. The Morgan fingerprint density at radius 1 is 1.00 bits per heavy atom. The number of anilines is 1. The van der Waals surface area contributed by atoms with Crippen LogP contribution in [0, 0.1) is 0 Å². The maximum Gasteiger partial charge on any atom is 0.249 e. The molecule has 0 aliphatic carbocycles. The molecule has 0 bridgehead atoms. The van der Waals surface area contributed by atoms with E-state index in [0.717, 1.165) is 16.8 Å². The zero-order chi connectivity index (χ0) is 18.3. The number of amides is 1. The first-order chi connectivity index (χ1) is 12.5. The van der Waals surface area contributed by atoms with Crippen molar-refractivity contribution in [3.8, 4) is 0 Å². The predicted molar refractivity (Wildman–Crippen MR) is 103 cm³/mol. The molecule has 0 saturated carbocycles. The maximum absolute atomic E-state index is 13.2. The van der Waals surface area contributed by atoms with E-state index in [-0.39, 0.29) is 11.7 Å². The number of carbonyl (C=O) groups is 2. The lowest BCUT2D eigenvalue weighted by atomic mass is 9.81. The number of halogens is 2. The van der Waals surface area contributed by atoms with Crippen LogP contribution in [0.2, 0.25) is 10.0 Å². The average molecular weight is 389 g/mol. The summed E-state index contributed by atoms with van der Waals surface area (Å²) in [5, 5.41) is 4.21. The van der Waals surface area contributed by atoms with Gasteiger partial charge in [-0.25, -0.2) is 0 Å². The van der Waals surface area contributed by atoms with Gasteiger partial charge in [0, 0.05) is 53.6 Å². The normalized spacial score (nSPS) is 23.0. The molecule has 1 N–H and O–H groups in total. The van der Waals surface area contributed by atoms with Crippen LogP contribution in [0.25, 0.3) is 0 Å². The minimum Gasteiger partial charge on any atom is -0.324 e. The van der Waals surface area contributed by atoms with Crippen molar-refractivity contribution in [2.75, 3.05) is 18.4 Å². The van der Waals surface area contributed by atoms with Gasteiger partial charge in [-0.15, -0.1) is 0 Å². The van der Waals surface area contributed by atoms with Gasteiger partial charge in [0.05, 0.1) is 0 Å². The average Bonchev–Trinajstić information content (AvgIpc) is 2.87. The van der Waals surface area contributed by atoms with Gasteiger partial charge in [0.25, 0.3) is 0 Å². The van der Waals surface area contributed by atoms with Gasteiger partial charge in [-0.3, -0.25) is 14.5 Å². The van der Waals surface area contributed by atoms with E-state index < -0.39 is 5.54 Å². The van der Waals surface area contributed by atoms with Crippen LogP contribution < -0.4 is 5.32 Å². The first-order valence-electron chi connectivity index (χ1n) is 8.62. The number of fused-ring (bicyclic) bond motifs is 1. The van der Waals surface area contributed by atoms with Crippen LogP contribution in [0.15, 0.2) is 42.5 Å². The molecule has 2 aromatic carbocycles. The molecule has 2 aliphatic heterocycles. The summed E-state index contributed by atoms with van der Waals surface area (Å²) in [5.41, 5.74) is 1.76. The largest absolute Gasteiger partial charge is 0.324 e. The van der Waals surface area contributed by atoms with Crippen molar-refractivity contribution in [2.45, 2.75) is 24.8 Å². The molecule has 26 heavy (non-hydrogen) atoms. The van der Waals surface area contributed by atoms with Crippen molar-refractivity contribution in [3.05, 3.63) is 63.6 Å². The van der Waals surface area contributed by atoms with Crippen LogP contribution in [0.3, 0.4) is 0 Å². The van der Waals surface area contributed by atoms with E-state index in [1.165, 1.54) is 0 Å². The molecule has 1 fully saturated rings. The highest BCUT2D eigenvalue weighted by Gasteiger charge is 2.51. The summed E-state index contributed by atoms with van der Waals surface area (Å²) in [5.74, 6) is 0.165. The quantitative estimate of drug-likeness (QED) is 0.862. The Bertz CT molecular complexity index is 889. The van der Waals surface area contributed by atoms with Gasteiger partial charge in [0.15, 0.2) is 0 Å². The minimum absolute atomic E-state index is 0.0795. The summed E-state index contributed by atoms with van der Waals surface area (Å²) in [6, 6.07) is 13.1. The summed E-state index contributed by atoms with van der Waals surface area (Å²) >= 11 is 12.3. The maximum atomic E-state index is 13.2. The van der Waals surface area contributed by atoms with Gasteiger partial charge in [-0.1, -0.05) is 41.4 Å². The number of hydrogen-bond donors (Lipinski definition) is 1. The Hall–Kier alpha value is -1.88. The fourth-order valence-corrected chi connectivity index (χ4v) is 4.39. The summed E-state index contributed by atoms with van der Waals surface area (Å²) in [7, 11) is 0. The summed E-state index contributed by atoms with van der Waals surface area (Å²) in [6.45, 7) is 1.13. The molecule has 4 rings (SSSR count). The van der Waals surface area contributed by atoms with Gasteiger partial charge in [0.2, 0.25) is 5.91 Å². The Morgan fingerprint density at radius 2 is 1.73 bits per heavy atom. The number of carbonyl (C=O) groups excluding carboxylic acids is 2. The number of benzene rings is 2. The highest BCUT2D eigenvalue weighted by atomic mass is 35.5. The van der Waals surface area contributed by atoms with E-state index in [9.17, 15) is 9.59 Å². The number of hydrogen-bond acceptors (Lipinski definition) is 3. The Balaban J connectivity index is 1.82. The first kappa shape index (κ1) is 17.5. The van der Waals surface area contributed by atoms with Gasteiger partial charge in [0.1, 0.15) is 11.3 Å². The number of Topliss-reactive ketones (excluding diaryl/α,β-unsaturated/α-hetero) is 1. The van der Waals surface area contributed by atoms with Gasteiger partial charge in [-0.2, -0.15) is 0 Å². The molecule has 2 heterocycles. The second-order valence-corrected chi connectivity index (χ2v) is 7.71. The van der Waals surface area contributed by atoms with Crippen molar-refractivity contribution in [1.82, 2.24) is 4.90 Å². The highest BCUT2D eigenvalue weighted by Crippen LogP contribution is 2.44. The predicted octanol–water partition coefficient (Wildman–Crippen LogP) is 4.05. The van der Waals surface area contributed by atoms with Crippen LogP contribution in [0.5, 0.6) is 0 Å². The number of rotatable bonds is 3. The second-order valence-electron chi connectivity index (χ2n) is 6.84. The monoisotopic (exact) mass is 388 g/mol. The third-order valence-corrected chi connectivity index (χ3v) is 5.73. The lowest BCUT2D eigenvalue weighted by molar-refractivity contribution is -0.133. The van der Waals surface area contributed by atoms with E-state index in [2.05, 4.69) is 10.2 Å². The topological polar surface area (TPSA) is 49.4 Å². The molecule has 6 heteroatoms. The minimum atomic E-state index is -0.856. The number of nitrogens with zero attached hydrogens (tertiary/aromatic N) is 1. The lowest BCUT2D eigenvalue weighted by Gasteiger charge is -2.41. The van der Waals surface area contributed by atoms with E-state index in [1.54, 1.807) is 6.07 Å². The second kappa shape index (κ2) is 6.69. The number of likely N-dealkylation sites (tertiary alicyclic amines) is 1. The van der Waals surface area contributed by atoms with Crippen molar-refractivity contribution < 1.29 is 9.59 Å². The fraction of sp³-hybridized carbons (Fsp3) is 0.300. The van der Waals surface area contributed by atoms with Gasteiger partial charge >= 0.3 is 0 Å². The van der Waals surface area contributed by atoms with E-state index >= 15 is 0 Å². The molecule has 4 nitrogen and oxygen atoms in total. The molecule has 1 saturated heterocycles. The molecule has 2 aromatic rings. The summed E-state index contributed by atoms with van der Waals surface area (Å²) in [4.78, 5) is 27.1. The molecule has 1 unspecified atom stereocenters. The zero-order valence-electron chi connectivity index (χ0n) is 14.1. The van der Waals surface area contributed by atoms with Crippen LogP contribution >= 0.6 is 23.2 Å². The van der Waals surface area contributed by atoms with Crippen molar-refractivity contribution >= 4 is 40.6 Å². The van der Waals surface area contributed by atoms with Crippen molar-refractivity contribution in [3.63, 3.8) is 0 Å². The Morgan fingerprint density at radius 3 is 2.46 bits per heavy atom. The molecule has 1 amide bonds. The molecule has 0 aromatic heterocycles. The van der Waals surface area contributed by atoms with Crippen LogP contribution in [-0.2, 0) is 21.5 Å². The van der Waals surface area contributed by atoms with Crippen LogP contribution in [0.4, 0.5) is 5.69 Å². The summed E-state index contributed by atoms with van der Waals surface area (Å²) in [6.07, 6.45) is 1.42. The Kier molecular flexibility index (Phi) is 4.51. The lowest BCUT2D eigenvalue weighted by Crippen LogP contribution is -2.55. The number of ketones is 1. The van der Waals surface area contributed by atoms with E-state index in [1.807, 2.05) is 36.4 Å². The van der Waals surface area contributed by atoms with Gasteiger partial charge in [-0.05, 0) is 29.8 Å². The van der Waals surface area contributed by atoms with E-state index in [4.69, 9.17) is 23.2 Å². The summed E-state index contributed by atoms with van der Waals surface area (Å²) < 4.78 is 0. The van der Waals surface area contributed by atoms with Crippen LogP contribution in [0.1, 0.15) is 24.0 Å². The fourth-order valence-electron chi connectivity index (χ4n) is 4.01. The number of nitrogens with one attached hydrogen (secondary N) is 1. The standard InChI is InChI=1S/C20H18Cl2N2O2/c21-14-3-1-2-13(10-14)12-20(24-8-6-16(25)7-9-24)17-5-4-15(22)11-18(17)23-19(20)26/h1-5,10-11H,6-9,12H2,(H,23,26). The smallest absolute Gasteiger partial charge is 0.249 e. The molecule has 1 atom stereocenters. The molecular weight excluding hydrogens is 371 g/mol. The third kappa shape index (κ3) is 2.92. The molecule has 134 valence electrons. The van der Waals surface area contributed by atoms with Crippen LogP contribution in [-0.4, -0.2) is 29.7 Å². The van der Waals surface area contributed by atoms with E-state index in [0.29, 0.717) is 42.4 Å². The zero-order valence-corrected chi connectivity index (χ0v) is 15.6. The molecule has 2 aliphatic rings. The molecule has 0 radical (unpaired) electrons. The third-order valence-electron chi connectivity index (χ3n) is 5.26. The first-order valence-corrected chi connectivity index (χ1v) is 9.37. The van der Waals surface area contributed by atoms with Gasteiger partial charge < -0.3 is 5.32 Å². The Labute approximate surface area is 162 Å². The van der Waals surface area contributed by atoms with Crippen molar-refractivity contribution in [2.24, 2.45) is 0 Å². The highest BCUT2D eigenvalue weighted by molar-refractivity contribution is 6.31. The SMILES string of the molecule is O=C1CCN(C2(Cc3cccc(Cl)c3)C(=O)Nc3cc(Cl)ccc32)CC1. The van der Waals surface area contributed by atoms with Crippen molar-refractivity contribution in [1.29, 1.82) is 0 Å². The molecular formula is C20H18Cl2N2O2.